The molecule has 1 saturated heterocycles. The fourth-order valence-electron chi connectivity index (χ4n) is 2.60. The molecule has 2 atom stereocenters. The number of nitrogens with zero attached hydrogens (tertiary/aromatic N) is 2. The van der Waals surface area contributed by atoms with E-state index in [9.17, 15) is 4.39 Å². The summed E-state index contributed by atoms with van der Waals surface area (Å²) in [4.78, 5) is 4.56. The average molecular weight is 330 g/mol. The summed E-state index contributed by atoms with van der Waals surface area (Å²) >= 11 is 3.38. The van der Waals surface area contributed by atoms with Gasteiger partial charge in [0.05, 0.1) is 0 Å². The van der Waals surface area contributed by atoms with Crippen LogP contribution in [0.2, 0.25) is 0 Å². The Labute approximate surface area is 122 Å². The van der Waals surface area contributed by atoms with Gasteiger partial charge in [0.25, 0.3) is 0 Å². The summed E-state index contributed by atoms with van der Waals surface area (Å²) in [5.41, 5.74) is 6.99. The Kier molecular flexibility index (Phi) is 4.95. The van der Waals surface area contributed by atoms with Crippen LogP contribution in [0.3, 0.4) is 0 Å². The standard InChI is InChI=1S/C14H21BrFN3/c1-18-5-6-19(2)14(9-18)13(17)8-10-7-11(15)3-4-12(10)16/h3-4,7,13-14H,5-6,8-9,17H2,1-2H3. The predicted molar refractivity (Wildman–Crippen MR) is 79.7 cm³/mol. The number of halogens is 2. The first-order valence-electron chi connectivity index (χ1n) is 6.55. The molecule has 2 unspecified atom stereocenters. The SMILES string of the molecule is CN1CCN(C)C(C(N)Cc2cc(Br)ccc2F)C1. The summed E-state index contributed by atoms with van der Waals surface area (Å²) < 4.78 is 14.7. The van der Waals surface area contributed by atoms with Crippen LogP contribution < -0.4 is 5.73 Å². The zero-order valence-electron chi connectivity index (χ0n) is 11.4. The van der Waals surface area contributed by atoms with Gasteiger partial charge < -0.3 is 10.6 Å². The highest BCUT2D eigenvalue weighted by Crippen LogP contribution is 2.19. The highest BCUT2D eigenvalue weighted by molar-refractivity contribution is 9.10. The van der Waals surface area contributed by atoms with Gasteiger partial charge in [-0.15, -0.1) is 0 Å². The van der Waals surface area contributed by atoms with Crippen molar-refractivity contribution in [2.24, 2.45) is 5.73 Å². The molecule has 1 aliphatic rings. The van der Waals surface area contributed by atoms with Crippen molar-refractivity contribution >= 4 is 15.9 Å². The van der Waals surface area contributed by atoms with Crippen molar-refractivity contribution in [2.75, 3.05) is 33.7 Å². The van der Waals surface area contributed by atoms with E-state index in [1.165, 1.54) is 6.07 Å². The van der Waals surface area contributed by atoms with E-state index in [1.54, 1.807) is 6.07 Å². The molecule has 1 aliphatic heterocycles. The molecule has 5 heteroatoms. The fraction of sp³-hybridized carbons (Fsp3) is 0.571. The average Bonchev–Trinajstić information content (AvgIpc) is 2.36. The predicted octanol–water partition coefficient (Wildman–Crippen LogP) is 1.70. The summed E-state index contributed by atoms with van der Waals surface area (Å²) in [6, 6.07) is 5.24. The quantitative estimate of drug-likeness (QED) is 0.916. The lowest BCUT2D eigenvalue weighted by Gasteiger charge is -2.40. The van der Waals surface area contributed by atoms with Crippen LogP contribution in [-0.4, -0.2) is 55.6 Å². The summed E-state index contributed by atoms with van der Waals surface area (Å²) in [6.45, 7) is 3.01. The van der Waals surface area contributed by atoms with Gasteiger partial charge in [0.2, 0.25) is 0 Å². The molecule has 19 heavy (non-hydrogen) atoms. The molecule has 0 aliphatic carbocycles. The Morgan fingerprint density at radius 2 is 2.16 bits per heavy atom. The maximum atomic E-state index is 13.8. The van der Waals surface area contributed by atoms with E-state index in [-0.39, 0.29) is 17.9 Å². The van der Waals surface area contributed by atoms with E-state index in [2.05, 4.69) is 39.8 Å². The second kappa shape index (κ2) is 6.31. The molecular weight excluding hydrogens is 309 g/mol. The number of hydrogen-bond donors (Lipinski definition) is 1. The normalized spacial score (nSPS) is 23.5. The Morgan fingerprint density at radius 3 is 2.89 bits per heavy atom. The number of rotatable bonds is 3. The van der Waals surface area contributed by atoms with Gasteiger partial charge in [0.1, 0.15) is 5.82 Å². The van der Waals surface area contributed by atoms with Crippen molar-refractivity contribution < 1.29 is 4.39 Å². The highest BCUT2D eigenvalue weighted by Gasteiger charge is 2.28. The van der Waals surface area contributed by atoms with Crippen molar-refractivity contribution in [3.05, 3.63) is 34.1 Å². The Hall–Kier alpha value is -0.490. The smallest absolute Gasteiger partial charge is 0.126 e. The van der Waals surface area contributed by atoms with Crippen LogP contribution in [0.4, 0.5) is 4.39 Å². The van der Waals surface area contributed by atoms with Crippen molar-refractivity contribution in [3.8, 4) is 0 Å². The minimum atomic E-state index is -0.175. The molecule has 106 valence electrons. The summed E-state index contributed by atoms with van der Waals surface area (Å²) in [6.07, 6.45) is 0.564. The largest absolute Gasteiger partial charge is 0.326 e. The van der Waals surface area contributed by atoms with Gasteiger partial charge >= 0.3 is 0 Å². The molecule has 1 fully saturated rings. The molecule has 1 aromatic rings. The van der Waals surface area contributed by atoms with E-state index in [0.717, 1.165) is 24.1 Å². The van der Waals surface area contributed by atoms with Crippen LogP contribution in [0.25, 0.3) is 0 Å². The van der Waals surface area contributed by atoms with Crippen molar-refractivity contribution in [1.82, 2.24) is 9.80 Å². The zero-order chi connectivity index (χ0) is 14.0. The fourth-order valence-corrected chi connectivity index (χ4v) is 3.00. The Balaban J connectivity index is 2.07. The molecule has 0 amide bonds. The van der Waals surface area contributed by atoms with Crippen LogP contribution in [0.1, 0.15) is 5.56 Å². The van der Waals surface area contributed by atoms with Crippen molar-refractivity contribution in [3.63, 3.8) is 0 Å². The third-order valence-electron chi connectivity index (χ3n) is 3.86. The van der Waals surface area contributed by atoms with Gasteiger partial charge in [-0.25, -0.2) is 4.39 Å². The number of piperazine rings is 1. The molecule has 2 rings (SSSR count). The Morgan fingerprint density at radius 1 is 1.42 bits per heavy atom. The molecule has 0 radical (unpaired) electrons. The zero-order valence-corrected chi connectivity index (χ0v) is 13.0. The van der Waals surface area contributed by atoms with Gasteiger partial charge in [-0.05, 0) is 44.3 Å². The highest BCUT2D eigenvalue weighted by atomic mass is 79.9. The molecule has 3 nitrogen and oxygen atoms in total. The maximum absolute atomic E-state index is 13.8. The Bertz CT molecular complexity index is 441. The monoisotopic (exact) mass is 329 g/mol. The van der Waals surface area contributed by atoms with Gasteiger partial charge in [-0.2, -0.15) is 0 Å². The summed E-state index contributed by atoms with van der Waals surface area (Å²) in [5, 5.41) is 0. The lowest BCUT2D eigenvalue weighted by atomic mass is 9.97. The molecule has 0 spiro atoms. The lowest BCUT2D eigenvalue weighted by Crippen LogP contribution is -2.58. The molecule has 2 N–H and O–H groups in total. The molecule has 1 aromatic carbocycles. The molecule has 0 bridgehead atoms. The first kappa shape index (κ1) is 14.9. The van der Waals surface area contributed by atoms with Gasteiger partial charge in [-0.3, -0.25) is 4.90 Å². The number of benzene rings is 1. The van der Waals surface area contributed by atoms with E-state index >= 15 is 0 Å². The van der Waals surface area contributed by atoms with Crippen LogP contribution >= 0.6 is 15.9 Å². The maximum Gasteiger partial charge on any atom is 0.126 e. The van der Waals surface area contributed by atoms with Gasteiger partial charge in [-0.1, -0.05) is 15.9 Å². The van der Waals surface area contributed by atoms with Crippen LogP contribution in [-0.2, 0) is 6.42 Å². The third-order valence-corrected chi connectivity index (χ3v) is 4.35. The lowest BCUT2D eigenvalue weighted by molar-refractivity contribution is 0.0971. The van der Waals surface area contributed by atoms with Gasteiger partial charge in [0.15, 0.2) is 0 Å². The van der Waals surface area contributed by atoms with Crippen LogP contribution in [0, 0.1) is 5.82 Å². The second-order valence-corrected chi connectivity index (χ2v) is 6.33. The number of likely N-dealkylation sites (N-methyl/N-ethyl adjacent to an activating group) is 2. The molecule has 1 heterocycles. The first-order chi connectivity index (χ1) is 8.97. The van der Waals surface area contributed by atoms with E-state index in [4.69, 9.17) is 5.73 Å². The first-order valence-corrected chi connectivity index (χ1v) is 7.35. The van der Waals surface area contributed by atoms with E-state index in [1.807, 2.05) is 6.07 Å². The minimum Gasteiger partial charge on any atom is -0.326 e. The molecule has 0 aromatic heterocycles. The number of nitrogens with two attached hydrogens (primary N) is 1. The van der Waals surface area contributed by atoms with Crippen molar-refractivity contribution in [1.29, 1.82) is 0 Å². The summed E-state index contributed by atoms with van der Waals surface area (Å²) in [5.74, 6) is -0.175. The van der Waals surface area contributed by atoms with E-state index in [0.29, 0.717) is 12.0 Å². The summed E-state index contributed by atoms with van der Waals surface area (Å²) in [7, 11) is 4.20. The second-order valence-electron chi connectivity index (χ2n) is 5.41. The molecular formula is C14H21BrFN3. The number of hydrogen-bond acceptors (Lipinski definition) is 3. The van der Waals surface area contributed by atoms with Gasteiger partial charge in [0, 0.05) is 36.2 Å². The molecule has 0 saturated carbocycles. The van der Waals surface area contributed by atoms with Crippen molar-refractivity contribution in [2.45, 2.75) is 18.5 Å². The topological polar surface area (TPSA) is 32.5 Å². The van der Waals surface area contributed by atoms with Crippen LogP contribution in [0.15, 0.2) is 22.7 Å². The van der Waals surface area contributed by atoms with E-state index < -0.39 is 0 Å². The third kappa shape index (κ3) is 3.75. The van der Waals surface area contributed by atoms with Crippen LogP contribution in [0.5, 0.6) is 0 Å². The minimum absolute atomic E-state index is 0.0588.